The van der Waals surface area contributed by atoms with Gasteiger partial charge in [0.1, 0.15) is 17.8 Å². The van der Waals surface area contributed by atoms with Gasteiger partial charge in [-0.3, -0.25) is 10.1 Å². The van der Waals surface area contributed by atoms with Crippen LogP contribution < -0.4 is 10.6 Å². The van der Waals surface area contributed by atoms with Crippen molar-refractivity contribution in [2.45, 2.75) is 25.5 Å². The van der Waals surface area contributed by atoms with Gasteiger partial charge < -0.3 is 19.6 Å². The molecule has 9 heteroatoms. The van der Waals surface area contributed by atoms with Gasteiger partial charge in [0.2, 0.25) is 5.88 Å². The number of aliphatic carboxylic acids is 1. The summed E-state index contributed by atoms with van der Waals surface area (Å²) in [4.78, 5) is 40.9. The highest BCUT2D eigenvalue weighted by Gasteiger charge is 2.22. The highest BCUT2D eigenvalue weighted by molar-refractivity contribution is 5.97. The fraction of sp³-hybridized carbons (Fsp3) is 0.143. The van der Waals surface area contributed by atoms with Gasteiger partial charge in [-0.05, 0) is 30.2 Å². The van der Waals surface area contributed by atoms with E-state index >= 15 is 0 Å². The highest BCUT2D eigenvalue weighted by atomic mass is 16.6. The summed E-state index contributed by atoms with van der Waals surface area (Å²) in [6, 6.07) is 23.6. The summed E-state index contributed by atoms with van der Waals surface area (Å²) >= 11 is 0. The zero-order valence-electron chi connectivity index (χ0n) is 20.0. The van der Waals surface area contributed by atoms with Crippen LogP contribution in [0.1, 0.15) is 34.5 Å². The SMILES string of the molecule is CC(OC(=O)Nc1ocnc1-c1ccc(C(=O)NC(Cc2ccccc2)C(=O)O)cc1)c1ccccc1. The number of benzene rings is 3. The van der Waals surface area contributed by atoms with Crippen LogP contribution in [0.3, 0.4) is 0 Å². The number of nitrogens with one attached hydrogen (secondary N) is 2. The van der Waals surface area contributed by atoms with Crippen molar-refractivity contribution in [3.8, 4) is 11.3 Å². The van der Waals surface area contributed by atoms with E-state index in [0.717, 1.165) is 11.1 Å². The van der Waals surface area contributed by atoms with Crippen molar-refractivity contribution < 1.29 is 28.6 Å². The molecule has 2 unspecified atom stereocenters. The van der Waals surface area contributed by atoms with Crippen molar-refractivity contribution in [2.75, 3.05) is 5.32 Å². The minimum absolute atomic E-state index is 0.0938. The molecule has 0 saturated carbocycles. The first kappa shape index (κ1) is 25.2. The molecule has 0 spiro atoms. The van der Waals surface area contributed by atoms with E-state index in [1.807, 2.05) is 48.5 Å². The molecule has 2 amide bonds. The summed E-state index contributed by atoms with van der Waals surface area (Å²) in [5.74, 6) is -1.55. The van der Waals surface area contributed by atoms with E-state index in [4.69, 9.17) is 9.15 Å². The van der Waals surface area contributed by atoms with Gasteiger partial charge in [0.05, 0.1) is 0 Å². The van der Waals surface area contributed by atoms with Crippen LogP contribution in [-0.2, 0) is 16.0 Å². The first-order valence-electron chi connectivity index (χ1n) is 11.5. The molecule has 3 N–H and O–H groups in total. The number of aromatic nitrogens is 1. The van der Waals surface area contributed by atoms with Gasteiger partial charge in [-0.25, -0.2) is 14.6 Å². The molecular formula is C28H25N3O6. The second-order valence-corrected chi connectivity index (χ2v) is 8.24. The van der Waals surface area contributed by atoms with Crippen molar-refractivity contribution >= 4 is 23.9 Å². The number of nitrogens with zero attached hydrogens (tertiary/aromatic N) is 1. The molecule has 1 heterocycles. The lowest BCUT2D eigenvalue weighted by Gasteiger charge is -2.15. The normalized spacial score (nSPS) is 12.2. The Bertz CT molecular complexity index is 1350. The van der Waals surface area contributed by atoms with Gasteiger partial charge in [0, 0.05) is 17.5 Å². The van der Waals surface area contributed by atoms with E-state index in [9.17, 15) is 19.5 Å². The fourth-order valence-corrected chi connectivity index (χ4v) is 3.69. The molecule has 2 atom stereocenters. The molecule has 0 saturated heterocycles. The first-order chi connectivity index (χ1) is 17.9. The fourth-order valence-electron chi connectivity index (χ4n) is 3.69. The van der Waals surface area contributed by atoms with E-state index < -0.39 is 30.1 Å². The number of hydrogen-bond acceptors (Lipinski definition) is 6. The lowest BCUT2D eigenvalue weighted by Crippen LogP contribution is -2.42. The van der Waals surface area contributed by atoms with E-state index in [2.05, 4.69) is 15.6 Å². The first-order valence-corrected chi connectivity index (χ1v) is 11.5. The average Bonchev–Trinajstić information content (AvgIpc) is 3.37. The molecule has 4 rings (SSSR count). The number of rotatable bonds is 9. The van der Waals surface area contributed by atoms with Gasteiger partial charge in [-0.15, -0.1) is 0 Å². The molecule has 4 aromatic rings. The Kier molecular flexibility index (Phi) is 7.95. The Hall–Kier alpha value is -4.92. The van der Waals surface area contributed by atoms with Gasteiger partial charge in [-0.2, -0.15) is 0 Å². The number of hydrogen-bond donors (Lipinski definition) is 3. The van der Waals surface area contributed by atoms with Gasteiger partial charge in [0.25, 0.3) is 5.91 Å². The van der Waals surface area contributed by atoms with Crippen LogP contribution in [0, 0.1) is 0 Å². The largest absolute Gasteiger partial charge is 0.480 e. The van der Waals surface area contributed by atoms with Crippen molar-refractivity contribution in [1.82, 2.24) is 10.3 Å². The number of oxazole rings is 1. The van der Waals surface area contributed by atoms with Crippen LogP contribution in [0.2, 0.25) is 0 Å². The maximum atomic E-state index is 12.7. The molecule has 0 aliphatic heterocycles. The molecular weight excluding hydrogens is 474 g/mol. The van der Waals surface area contributed by atoms with E-state index in [0.29, 0.717) is 11.3 Å². The third-order valence-corrected chi connectivity index (χ3v) is 5.64. The molecule has 37 heavy (non-hydrogen) atoms. The molecule has 0 aliphatic rings. The lowest BCUT2D eigenvalue weighted by molar-refractivity contribution is -0.139. The third-order valence-electron chi connectivity index (χ3n) is 5.64. The molecule has 0 radical (unpaired) electrons. The number of carbonyl (C=O) groups is 3. The standard InChI is InChI=1S/C28H25N3O6/c1-18(20-10-6-3-7-11-20)37-28(35)31-26-24(29-17-36-26)21-12-14-22(15-13-21)25(32)30-23(27(33)34)16-19-8-4-2-5-9-19/h2-15,17-18,23H,16H2,1H3,(H,30,32)(H,31,35)(H,33,34). The van der Waals surface area contributed by atoms with Crippen molar-refractivity contribution in [1.29, 1.82) is 0 Å². The quantitative estimate of drug-likeness (QED) is 0.293. The lowest BCUT2D eigenvalue weighted by atomic mass is 10.0. The van der Waals surface area contributed by atoms with Crippen molar-refractivity contribution in [2.24, 2.45) is 0 Å². The molecule has 188 valence electrons. The van der Waals surface area contributed by atoms with E-state index in [1.165, 1.54) is 6.39 Å². The number of carboxylic acids is 1. The Morgan fingerprint density at radius 3 is 2.24 bits per heavy atom. The summed E-state index contributed by atoms with van der Waals surface area (Å²) < 4.78 is 10.7. The van der Waals surface area contributed by atoms with Crippen LogP contribution in [0.4, 0.5) is 10.7 Å². The Morgan fingerprint density at radius 2 is 1.59 bits per heavy atom. The Labute approximate surface area is 213 Å². The Balaban J connectivity index is 1.39. The second kappa shape index (κ2) is 11.7. The van der Waals surface area contributed by atoms with Crippen LogP contribution >= 0.6 is 0 Å². The summed E-state index contributed by atoms with van der Waals surface area (Å²) in [5.41, 5.74) is 2.85. The maximum Gasteiger partial charge on any atom is 0.414 e. The molecule has 0 aliphatic carbocycles. The Morgan fingerprint density at radius 1 is 0.946 bits per heavy atom. The van der Waals surface area contributed by atoms with Crippen molar-refractivity contribution in [3.05, 3.63) is 108 Å². The van der Waals surface area contributed by atoms with Gasteiger partial charge in [-0.1, -0.05) is 72.8 Å². The molecule has 3 aromatic carbocycles. The smallest absolute Gasteiger partial charge is 0.414 e. The van der Waals surface area contributed by atoms with Crippen LogP contribution in [0.25, 0.3) is 11.3 Å². The minimum Gasteiger partial charge on any atom is -0.480 e. The average molecular weight is 500 g/mol. The number of carbonyl (C=O) groups excluding carboxylic acids is 2. The van der Waals surface area contributed by atoms with Crippen molar-refractivity contribution in [3.63, 3.8) is 0 Å². The molecule has 9 nitrogen and oxygen atoms in total. The maximum absolute atomic E-state index is 12.7. The summed E-state index contributed by atoms with van der Waals surface area (Å²) in [5, 5.41) is 14.7. The zero-order chi connectivity index (χ0) is 26.2. The van der Waals surface area contributed by atoms with Crippen LogP contribution in [0.5, 0.6) is 0 Å². The molecule has 1 aromatic heterocycles. The number of carboxylic acid groups (broad SMARTS) is 1. The van der Waals surface area contributed by atoms with Gasteiger partial charge >= 0.3 is 12.1 Å². The summed E-state index contributed by atoms with van der Waals surface area (Å²) in [7, 11) is 0. The third kappa shape index (κ3) is 6.61. The van der Waals surface area contributed by atoms with Crippen LogP contribution in [0.15, 0.2) is 95.7 Å². The minimum atomic E-state index is -1.12. The van der Waals surface area contributed by atoms with E-state index in [1.54, 1.807) is 43.3 Å². The monoisotopic (exact) mass is 499 g/mol. The van der Waals surface area contributed by atoms with E-state index in [-0.39, 0.29) is 17.9 Å². The predicted molar refractivity (Wildman–Crippen MR) is 136 cm³/mol. The summed E-state index contributed by atoms with van der Waals surface area (Å²) in [6.07, 6.45) is 0.172. The highest BCUT2D eigenvalue weighted by Crippen LogP contribution is 2.27. The molecule has 0 fully saturated rings. The summed E-state index contributed by atoms with van der Waals surface area (Å²) in [6.45, 7) is 1.76. The predicted octanol–water partition coefficient (Wildman–Crippen LogP) is 5.08. The topological polar surface area (TPSA) is 131 Å². The molecule has 0 bridgehead atoms. The van der Waals surface area contributed by atoms with Crippen LogP contribution in [-0.4, -0.2) is 34.1 Å². The number of ether oxygens (including phenoxy) is 1. The number of anilines is 1. The zero-order valence-corrected chi connectivity index (χ0v) is 20.0. The second-order valence-electron chi connectivity index (χ2n) is 8.24. The number of amides is 2. The van der Waals surface area contributed by atoms with Gasteiger partial charge in [0.15, 0.2) is 6.39 Å².